The first-order valence-corrected chi connectivity index (χ1v) is 9.17. The zero-order valence-corrected chi connectivity index (χ0v) is 16.1. The van der Waals surface area contributed by atoms with Crippen LogP contribution in [0.2, 0.25) is 0 Å². The summed E-state index contributed by atoms with van der Waals surface area (Å²) in [5.74, 6) is -3.25. The molecule has 3 rings (SSSR count). The summed E-state index contributed by atoms with van der Waals surface area (Å²) in [6.45, 7) is -0.583. The minimum absolute atomic E-state index is 0.0285. The summed E-state index contributed by atoms with van der Waals surface area (Å²) in [5, 5.41) is 7.52. The Morgan fingerprint density at radius 3 is 2.23 bits per heavy atom. The van der Waals surface area contributed by atoms with E-state index < -0.39 is 30.2 Å². The summed E-state index contributed by atoms with van der Waals surface area (Å²) < 4.78 is 31.4. The fourth-order valence-corrected chi connectivity index (χ4v) is 2.69. The maximum atomic E-state index is 13.5. The molecule has 0 aliphatic carbocycles. The van der Waals surface area contributed by atoms with Gasteiger partial charge < -0.3 is 20.7 Å². The molecule has 0 bridgehead atoms. The molecule has 11 heteroatoms. The minimum Gasteiger partial charge on any atom is -0.481 e. The second kappa shape index (κ2) is 9.65. The van der Waals surface area contributed by atoms with E-state index in [2.05, 4.69) is 16.0 Å². The molecule has 3 N–H and O–H groups in total. The van der Waals surface area contributed by atoms with Gasteiger partial charge in [-0.1, -0.05) is 0 Å². The van der Waals surface area contributed by atoms with Gasteiger partial charge >= 0.3 is 6.03 Å². The van der Waals surface area contributed by atoms with Crippen molar-refractivity contribution >= 4 is 35.1 Å². The maximum absolute atomic E-state index is 13.5. The highest BCUT2D eigenvalue weighted by molar-refractivity contribution is 6.02. The minimum atomic E-state index is -0.914. The van der Waals surface area contributed by atoms with Gasteiger partial charge in [-0.25, -0.2) is 13.6 Å². The molecule has 0 spiro atoms. The number of ether oxygens (including phenoxy) is 1. The molecule has 0 unspecified atom stereocenters. The quantitative estimate of drug-likeness (QED) is 0.551. The van der Waals surface area contributed by atoms with Gasteiger partial charge in [0.2, 0.25) is 11.8 Å². The van der Waals surface area contributed by atoms with Crippen molar-refractivity contribution in [3.63, 3.8) is 0 Å². The summed E-state index contributed by atoms with van der Waals surface area (Å²) in [5.41, 5.74) is 0.857. The van der Waals surface area contributed by atoms with Gasteiger partial charge in [0.1, 0.15) is 5.82 Å². The molecule has 2 aromatic carbocycles. The summed E-state index contributed by atoms with van der Waals surface area (Å²) in [7, 11) is 0. The molecule has 162 valence electrons. The smallest absolute Gasteiger partial charge is 0.324 e. The Morgan fingerprint density at radius 2 is 1.65 bits per heavy atom. The number of amides is 5. The number of rotatable bonds is 8. The van der Waals surface area contributed by atoms with E-state index in [1.807, 2.05) is 0 Å². The normalized spacial score (nSPS) is 13.0. The highest BCUT2D eigenvalue weighted by Gasteiger charge is 2.28. The summed E-state index contributed by atoms with van der Waals surface area (Å²) in [4.78, 5) is 47.8. The summed E-state index contributed by atoms with van der Waals surface area (Å²) in [6, 6.07) is 8.38. The van der Waals surface area contributed by atoms with Crippen LogP contribution in [0.15, 0.2) is 42.5 Å². The predicted molar refractivity (Wildman–Crippen MR) is 105 cm³/mol. The van der Waals surface area contributed by atoms with Crippen LogP contribution in [0.25, 0.3) is 0 Å². The lowest BCUT2D eigenvalue weighted by atomic mass is 10.2. The third-order valence-corrected chi connectivity index (χ3v) is 4.20. The van der Waals surface area contributed by atoms with Crippen LogP contribution < -0.4 is 20.7 Å². The van der Waals surface area contributed by atoms with Gasteiger partial charge in [-0.15, -0.1) is 0 Å². The Morgan fingerprint density at radius 1 is 1.00 bits per heavy atom. The van der Waals surface area contributed by atoms with Crippen molar-refractivity contribution in [1.82, 2.24) is 10.2 Å². The van der Waals surface area contributed by atoms with Crippen LogP contribution in [0.3, 0.4) is 0 Å². The number of urea groups is 1. The fourth-order valence-electron chi connectivity index (χ4n) is 2.69. The standard InChI is InChI=1S/C20H18F2N4O5/c21-12-1-6-16(15(22)9-12)31-11-18(28)25-14-4-2-13(3-5-14)24-17(27)7-8-26-19(29)10-23-20(26)30/h1-6,9H,7-8,10-11H2,(H,23,30)(H,24,27)(H,25,28). The number of hydrogen-bond donors (Lipinski definition) is 3. The van der Waals surface area contributed by atoms with Crippen LogP contribution in [0.4, 0.5) is 25.0 Å². The molecule has 1 aliphatic heterocycles. The van der Waals surface area contributed by atoms with Crippen LogP contribution in [-0.4, -0.2) is 48.3 Å². The molecule has 1 aliphatic rings. The number of imide groups is 1. The summed E-state index contributed by atoms with van der Waals surface area (Å²) in [6.07, 6.45) is -0.0606. The molecule has 5 amide bonds. The van der Waals surface area contributed by atoms with E-state index in [1.54, 1.807) is 12.1 Å². The van der Waals surface area contributed by atoms with E-state index in [4.69, 9.17) is 4.74 Å². The topological polar surface area (TPSA) is 117 Å². The molecule has 9 nitrogen and oxygen atoms in total. The monoisotopic (exact) mass is 432 g/mol. The Hall–Kier alpha value is -4.02. The number of benzene rings is 2. The van der Waals surface area contributed by atoms with Crippen LogP contribution in [0.5, 0.6) is 5.75 Å². The zero-order chi connectivity index (χ0) is 22.4. The van der Waals surface area contributed by atoms with Gasteiger partial charge in [0.25, 0.3) is 5.91 Å². The molecular formula is C20H18F2N4O5. The second-order valence-electron chi connectivity index (χ2n) is 6.49. The average Bonchev–Trinajstić information content (AvgIpc) is 3.05. The average molecular weight is 432 g/mol. The Balaban J connectivity index is 1.43. The first kappa shape index (κ1) is 21.7. The lowest BCUT2D eigenvalue weighted by Gasteiger charge is -2.12. The van der Waals surface area contributed by atoms with Crippen molar-refractivity contribution in [2.45, 2.75) is 6.42 Å². The molecule has 1 fully saturated rings. The van der Waals surface area contributed by atoms with Crippen molar-refractivity contribution in [3.05, 3.63) is 54.1 Å². The van der Waals surface area contributed by atoms with Crippen molar-refractivity contribution in [2.24, 2.45) is 0 Å². The first-order chi connectivity index (χ1) is 14.8. The second-order valence-corrected chi connectivity index (χ2v) is 6.49. The van der Waals surface area contributed by atoms with Gasteiger partial charge in [0.15, 0.2) is 18.2 Å². The van der Waals surface area contributed by atoms with E-state index in [1.165, 1.54) is 12.1 Å². The zero-order valence-electron chi connectivity index (χ0n) is 16.1. The van der Waals surface area contributed by atoms with Crippen LogP contribution in [0, 0.1) is 11.6 Å². The van der Waals surface area contributed by atoms with Crippen molar-refractivity contribution < 1.29 is 32.7 Å². The molecule has 2 aromatic rings. The lowest BCUT2D eigenvalue weighted by molar-refractivity contribution is -0.125. The van der Waals surface area contributed by atoms with Gasteiger partial charge in [-0.05, 0) is 36.4 Å². The van der Waals surface area contributed by atoms with Crippen molar-refractivity contribution in [1.29, 1.82) is 0 Å². The number of nitrogens with one attached hydrogen (secondary N) is 3. The molecule has 0 aromatic heterocycles. The molecule has 1 heterocycles. The molecular weight excluding hydrogens is 414 g/mol. The van der Waals surface area contributed by atoms with Crippen LogP contribution in [0.1, 0.15) is 6.42 Å². The Kier molecular flexibility index (Phi) is 6.75. The summed E-state index contributed by atoms with van der Waals surface area (Å²) >= 11 is 0. The highest BCUT2D eigenvalue weighted by Crippen LogP contribution is 2.18. The van der Waals surface area contributed by atoms with E-state index >= 15 is 0 Å². The van der Waals surface area contributed by atoms with Crippen LogP contribution in [-0.2, 0) is 14.4 Å². The maximum Gasteiger partial charge on any atom is 0.324 e. The largest absolute Gasteiger partial charge is 0.481 e. The number of nitrogens with zero attached hydrogens (tertiary/aromatic N) is 1. The van der Waals surface area contributed by atoms with E-state index in [0.717, 1.165) is 17.0 Å². The van der Waals surface area contributed by atoms with Crippen LogP contribution >= 0.6 is 0 Å². The van der Waals surface area contributed by atoms with Crippen molar-refractivity contribution in [2.75, 3.05) is 30.3 Å². The predicted octanol–water partition coefficient (Wildman–Crippen LogP) is 1.86. The fraction of sp³-hybridized carbons (Fsp3) is 0.200. The number of hydrogen-bond acceptors (Lipinski definition) is 5. The lowest BCUT2D eigenvalue weighted by Crippen LogP contribution is -2.33. The number of carbonyl (C=O) groups excluding carboxylic acids is 4. The number of carbonyl (C=O) groups is 4. The van der Waals surface area contributed by atoms with E-state index in [0.29, 0.717) is 17.4 Å². The van der Waals surface area contributed by atoms with E-state index in [-0.39, 0.29) is 37.1 Å². The Bertz CT molecular complexity index is 997. The van der Waals surface area contributed by atoms with Crippen molar-refractivity contribution in [3.8, 4) is 5.75 Å². The highest BCUT2D eigenvalue weighted by atomic mass is 19.1. The van der Waals surface area contributed by atoms with Gasteiger partial charge in [-0.3, -0.25) is 19.3 Å². The SMILES string of the molecule is O=C(CCN1C(=O)CNC1=O)Nc1ccc(NC(=O)COc2ccc(F)cc2F)cc1. The van der Waals surface area contributed by atoms with Gasteiger partial charge in [-0.2, -0.15) is 0 Å². The number of halogens is 2. The third kappa shape index (κ3) is 5.98. The van der Waals surface area contributed by atoms with Gasteiger partial charge in [0.05, 0.1) is 6.54 Å². The number of anilines is 2. The Labute approximate surface area is 175 Å². The molecule has 0 radical (unpaired) electrons. The molecule has 1 saturated heterocycles. The van der Waals surface area contributed by atoms with E-state index in [9.17, 15) is 28.0 Å². The van der Waals surface area contributed by atoms with Gasteiger partial charge in [0, 0.05) is 30.4 Å². The first-order valence-electron chi connectivity index (χ1n) is 9.17. The molecule has 0 atom stereocenters. The molecule has 0 saturated carbocycles. The molecule has 31 heavy (non-hydrogen) atoms. The third-order valence-electron chi connectivity index (χ3n) is 4.20.